The molecule has 1 amide bonds. The molecule has 134 valence electrons. The monoisotopic (exact) mass is 385 g/mol. The molecule has 1 aliphatic rings. The summed E-state index contributed by atoms with van der Waals surface area (Å²) >= 11 is 7.73. The number of amides is 1. The summed E-state index contributed by atoms with van der Waals surface area (Å²) in [5.74, 6) is 0.0398. The molecule has 3 aromatic rings. The van der Waals surface area contributed by atoms with E-state index < -0.39 is 0 Å². The fraction of sp³-hybridized carbons (Fsp3) is 0.300. The smallest absolute Gasteiger partial charge is 0.234 e. The van der Waals surface area contributed by atoms with Crippen molar-refractivity contribution in [3.63, 3.8) is 0 Å². The number of hydrogen-bond donors (Lipinski definition) is 1. The number of halogens is 1. The molecule has 1 saturated heterocycles. The van der Waals surface area contributed by atoms with Crippen molar-refractivity contribution in [1.82, 2.24) is 15.2 Å². The van der Waals surface area contributed by atoms with E-state index in [9.17, 15) is 4.79 Å². The molecule has 6 heteroatoms. The molecule has 0 radical (unpaired) electrons. The Labute approximate surface area is 161 Å². The van der Waals surface area contributed by atoms with E-state index in [1.807, 2.05) is 42.5 Å². The van der Waals surface area contributed by atoms with Crippen LogP contribution in [0.2, 0.25) is 5.02 Å². The molecule has 4 nitrogen and oxygen atoms in total. The quantitative estimate of drug-likeness (QED) is 0.707. The van der Waals surface area contributed by atoms with E-state index in [1.165, 1.54) is 4.70 Å². The van der Waals surface area contributed by atoms with Gasteiger partial charge in [-0.3, -0.25) is 9.69 Å². The van der Waals surface area contributed by atoms with Crippen LogP contribution in [-0.4, -0.2) is 28.9 Å². The van der Waals surface area contributed by atoms with Crippen LogP contribution in [0.15, 0.2) is 48.5 Å². The molecule has 0 unspecified atom stereocenters. The lowest BCUT2D eigenvalue weighted by atomic mass is 10.2. The maximum absolute atomic E-state index is 12.4. The van der Waals surface area contributed by atoms with Gasteiger partial charge in [0.25, 0.3) is 0 Å². The number of likely N-dealkylation sites (tertiary alicyclic amines) is 1. The average Bonchev–Trinajstić information content (AvgIpc) is 3.26. The SMILES string of the molecule is O=C(CN1CCC[C@@H]1c1nc2ccccc2s1)NCc1cccc(Cl)c1. The van der Waals surface area contributed by atoms with Gasteiger partial charge in [-0.05, 0) is 49.2 Å². The lowest BCUT2D eigenvalue weighted by Gasteiger charge is -2.22. The normalized spacial score (nSPS) is 17.7. The van der Waals surface area contributed by atoms with E-state index >= 15 is 0 Å². The summed E-state index contributed by atoms with van der Waals surface area (Å²) < 4.78 is 1.21. The van der Waals surface area contributed by atoms with E-state index in [1.54, 1.807) is 11.3 Å². The minimum absolute atomic E-state index is 0.0398. The number of para-hydroxylation sites is 1. The maximum Gasteiger partial charge on any atom is 0.234 e. The number of nitrogens with one attached hydrogen (secondary N) is 1. The molecule has 1 aliphatic heterocycles. The fourth-order valence-electron chi connectivity index (χ4n) is 3.42. The molecular weight excluding hydrogens is 366 g/mol. The number of nitrogens with zero attached hydrogens (tertiary/aromatic N) is 2. The molecule has 2 aromatic carbocycles. The second kappa shape index (κ2) is 7.74. The molecule has 0 saturated carbocycles. The summed E-state index contributed by atoms with van der Waals surface area (Å²) in [5, 5.41) is 4.80. The number of aromatic nitrogens is 1. The predicted octanol–water partition coefficient (Wildman–Crippen LogP) is 4.40. The van der Waals surface area contributed by atoms with E-state index in [4.69, 9.17) is 16.6 Å². The predicted molar refractivity (Wildman–Crippen MR) is 106 cm³/mol. The van der Waals surface area contributed by atoms with Crippen molar-refractivity contribution in [1.29, 1.82) is 0 Å². The topological polar surface area (TPSA) is 45.2 Å². The van der Waals surface area contributed by atoms with E-state index in [0.29, 0.717) is 18.1 Å². The molecule has 2 heterocycles. The Balaban J connectivity index is 1.39. The Bertz CT molecular complexity index is 893. The standard InChI is InChI=1S/C20H20ClN3OS/c21-15-6-3-5-14(11-15)12-22-19(25)13-24-10-4-8-17(24)20-23-16-7-1-2-9-18(16)26-20/h1-3,5-7,9,11,17H,4,8,10,12-13H2,(H,22,25)/t17-/m1/s1. The average molecular weight is 386 g/mol. The van der Waals surface area contributed by atoms with Crippen LogP contribution in [0.3, 0.4) is 0 Å². The van der Waals surface area contributed by atoms with Gasteiger partial charge in [-0.2, -0.15) is 0 Å². The number of fused-ring (bicyclic) bond motifs is 1. The van der Waals surface area contributed by atoms with Crippen molar-refractivity contribution in [3.05, 3.63) is 64.1 Å². The highest BCUT2D eigenvalue weighted by Crippen LogP contribution is 2.36. The highest BCUT2D eigenvalue weighted by atomic mass is 35.5. The van der Waals surface area contributed by atoms with Crippen LogP contribution in [0, 0.1) is 0 Å². The van der Waals surface area contributed by atoms with E-state index in [-0.39, 0.29) is 11.9 Å². The van der Waals surface area contributed by atoms with Gasteiger partial charge in [0, 0.05) is 11.6 Å². The fourth-order valence-corrected chi connectivity index (χ4v) is 4.77. The largest absolute Gasteiger partial charge is 0.351 e. The van der Waals surface area contributed by atoms with Gasteiger partial charge in [-0.25, -0.2) is 4.98 Å². The summed E-state index contributed by atoms with van der Waals surface area (Å²) in [6, 6.07) is 16.0. The lowest BCUT2D eigenvalue weighted by Crippen LogP contribution is -2.36. The second-order valence-corrected chi connectivity index (χ2v) is 8.05. The first kappa shape index (κ1) is 17.5. The summed E-state index contributed by atoms with van der Waals surface area (Å²) in [6.45, 7) is 1.84. The third-order valence-electron chi connectivity index (χ3n) is 4.68. The molecular formula is C20H20ClN3OS. The highest BCUT2D eigenvalue weighted by molar-refractivity contribution is 7.18. The highest BCUT2D eigenvalue weighted by Gasteiger charge is 2.29. The minimum Gasteiger partial charge on any atom is -0.351 e. The van der Waals surface area contributed by atoms with Gasteiger partial charge in [0.15, 0.2) is 0 Å². The molecule has 1 atom stereocenters. The zero-order chi connectivity index (χ0) is 17.9. The Morgan fingerprint density at radius 1 is 1.27 bits per heavy atom. The second-order valence-electron chi connectivity index (χ2n) is 6.55. The first-order valence-electron chi connectivity index (χ1n) is 8.80. The van der Waals surface area contributed by atoms with Crippen LogP contribution in [0.4, 0.5) is 0 Å². The van der Waals surface area contributed by atoms with E-state index in [0.717, 1.165) is 35.5 Å². The van der Waals surface area contributed by atoms with Gasteiger partial charge in [0.2, 0.25) is 5.91 Å². The molecule has 26 heavy (non-hydrogen) atoms. The first-order valence-corrected chi connectivity index (χ1v) is 9.99. The minimum atomic E-state index is 0.0398. The van der Waals surface area contributed by atoms with Gasteiger partial charge in [-0.15, -0.1) is 11.3 Å². The maximum atomic E-state index is 12.4. The van der Waals surface area contributed by atoms with Gasteiger partial charge in [0.05, 0.1) is 22.8 Å². The van der Waals surface area contributed by atoms with Crippen LogP contribution < -0.4 is 5.32 Å². The summed E-state index contributed by atoms with van der Waals surface area (Å²) in [7, 11) is 0. The van der Waals surface area contributed by atoms with Crippen molar-refractivity contribution in [2.24, 2.45) is 0 Å². The third kappa shape index (κ3) is 3.90. The summed E-state index contributed by atoms with van der Waals surface area (Å²) in [4.78, 5) is 19.4. The Hall–Kier alpha value is -1.95. The van der Waals surface area contributed by atoms with Gasteiger partial charge < -0.3 is 5.32 Å². The van der Waals surface area contributed by atoms with Crippen molar-refractivity contribution in [3.8, 4) is 0 Å². The van der Waals surface area contributed by atoms with Crippen molar-refractivity contribution < 1.29 is 4.79 Å². The molecule has 1 aromatic heterocycles. The van der Waals surface area contributed by atoms with Crippen LogP contribution in [0.25, 0.3) is 10.2 Å². The van der Waals surface area contributed by atoms with Gasteiger partial charge in [0.1, 0.15) is 5.01 Å². The molecule has 4 rings (SSSR count). The Morgan fingerprint density at radius 3 is 3.00 bits per heavy atom. The zero-order valence-electron chi connectivity index (χ0n) is 14.3. The lowest BCUT2D eigenvalue weighted by molar-refractivity contribution is -0.122. The van der Waals surface area contributed by atoms with E-state index in [2.05, 4.69) is 16.3 Å². The number of rotatable bonds is 5. The molecule has 0 aliphatic carbocycles. The van der Waals surface area contributed by atoms with Crippen LogP contribution >= 0.6 is 22.9 Å². The van der Waals surface area contributed by atoms with Crippen molar-refractivity contribution in [2.45, 2.75) is 25.4 Å². The number of thiazole rings is 1. The van der Waals surface area contributed by atoms with Crippen LogP contribution in [-0.2, 0) is 11.3 Å². The number of benzene rings is 2. The summed E-state index contributed by atoms with van der Waals surface area (Å²) in [5.41, 5.74) is 2.06. The van der Waals surface area contributed by atoms with Crippen molar-refractivity contribution in [2.75, 3.05) is 13.1 Å². The van der Waals surface area contributed by atoms with Gasteiger partial charge in [-0.1, -0.05) is 35.9 Å². The number of carbonyl (C=O) groups is 1. The molecule has 0 bridgehead atoms. The Morgan fingerprint density at radius 2 is 2.15 bits per heavy atom. The van der Waals surface area contributed by atoms with Crippen LogP contribution in [0.5, 0.6) is 0 Å². The Kier molecular flexibility index (Phi) is 5.20. The first-order chi connectivity index (χ1) is 12.7. The third-order valence-corrected chi connectivity index (χ3v) is 6.06. The molecule has 1 N–H and O–H groups in total. The molecule has 0 spiro atoms. The summed E-state index contributed by atoms with van der Waals surface area (Å²) in [6.07, 6.45) is 2.16. The van der Waals surface area contributed by atoms with Crippen molar-refractivity contribution >= 4 is 39.1 Å². The number of hydrogen-bond acceptors (Lipinski definition) is 4. The van der Waals surface area contributed by atoms with Crippen LogP contribution in [0.1, 0.15) is 29.5 Å². The zero-order valence-corrected chi connectivity index (χ0v) is 15.9. The number of carbonyl (C=O) groups excluding carboxylic acids is 1. The molecule has 1 fully saturated rings. The van der Waals surface area contributed by atoms with Gasteiger partial charge >= 0.3 is 0 Å².